The molecule has 2 aromatic carbocycles. The van der Waals surface area contributed by atoms with Crippen molar-refractivity contribution in [1.82, 2.24) is 24.9 Å². The zero-order valence-electron chi connectivity index (χ0n) is 16.8. The molecule has 3 heterocycles. The number of para-hydroxylation sites is 1. The van der Waals surface area contributed by atoms with Crippen LogP contribution < -0.4 is 4.74 Å². The fourth-order valence-corrected chi connectivity index (χ4v) is 3.70. The predicted molar refractivity (Wildman–Crippen MR) is 116 cm³/mol. The summed E-state index contributed by atoms with van der Waals surface area (Å²) in [4.78, 5) is 14.6. The van der Waals surface area contributed by atoms with Crippen molar-refractivity contribution in [3.05, 3.63) is 65.6 Å². The second-order valence-electron chi connectivity index (χ2n) is 7.38. The average Bonchev–Trinajstić information content (AvgIpc) is 3.33. The van der Waals surface area contributed by atoms with Crippen molar-refractivity contribution in [2.75, 3.05) is 20.2 Å². The molecule has 30 heavy (non-hydrogen) atoms. The number of H-pyrrole nitrogens is 1. The number of carbonyl (C=O) groups is 1. The monoisotopic (exact) mass is 399 g/mol. The lowest BCUT2D eigenvalue weighted by Gasteiger charge is -2.18. The Morgan fingerprint density at radius 2 is 1.97 bits per heavy atom. The lowest BCUT2D eigenvalue weighted by atomic mass is 10.0. The minimum atomic E-state index is -0.144. The Hall–Kier alpha value is -3.87. The predicted octanol–water partition coefficient (Wildman–Crippen LogP) is 3.60. The topological polar surface area (TPSA) is 76.0 Å². The average molecular weight is 399 g/mol. The molecular formula is C23H21N5O2. The van der Waals surface area contributed by atoms with E-state index in [0.717, 1.165) is 39.0 Å². The Bertz CT molecular complexity index is 1280. The van der Waals surface area contributed by atoms with Crippen LogP contribution in [0.3, 0.4) is 0 Å². The largest absolute Gasteiger partial charge is 0.491 e. The lowest BCUT2D eigenvalue weighted by Crippen LogP contribution is -2.31. The van der Waals surface area contributed by atoms with Gasteiger partial charge in [-0.15, -0.1) is 0 Å². The number of aromatic nitrogens is 4. The van der Waals surface area contributed by atoms with Gasteiger partial charge in [-0.3, -0.25) is 14.6 Å². The summed E-state index contributed by atoms with van der Waals surface area (Å²) in [6, 6.07) is 14.1. The molecular weight excluding hydrogens is 378 g/mol. The van der Waals surface area contributed by atoms with Crippen LogP contribution in [0.2, 0.25) is 0 Å². The van der Waals surface area contributed by atoms with Gasteiger partial charge < -0.3 is 9.64 Å². The normalized spacial score (nSPS) is 15.3. The van der Waals surface area contributed by atoms with Crippen LogP contribution in [0.15, 0.2) is 48.7 Å². The third-order valence-electron chi connectivity index (χ3n) is 5.30. The molecule has 0 saturated carbocycles. The van der Waals surface area contributed by atoms with E-state index in [2.05, 4.69) is 27.4 Å². The van der Waals surface area contributed by atoms with Crippen molar-refractivity contribution in [3.63, 3.8) is 0 Å². The number of hydrogen-bond acceptors (Lipinski definition) is 4. The van der Waals surface area contributed by atoms with E-state index in [1.165, 1.54) is 0 Å². The Labute approximate surface area is 173 Å². The van der Waals surface area contributed by atoms with E-state index in [1.807, 2.05) is 55.7 Å². The molecule has 0 radical (unpaired) electrons. The van der Waals surface area contributed by atoms with E-state index in [0.29, 0.717) is 18.8 Å². The number of nitrogens with zero attached hydrogens (tertiary/aromatic N) is 4. The van der Waals surface area contributed by atoms with Gasteiger partial charge in [0.15, 0.2) is 5.69 Å². The Balaban J connectivity index is 1.69. The first-order valence-electron chi connectivity index (χ1n) is 9.77. The Morgan fingerprint density at radius 3 is 2.87 bits per heavy atom. The summed E-state index contributed by atoms with van der Waals surface area (Å²) in [6.07, 6.45) is 5.64. The van der Waals surface area contributed by atoms with Crippen LogP contribution in [0, 0.1) is 0 Å². The van der Waals surface area contributed by atoms with Gasteiger partial charge in [0, 0.05) is 36.8 Å². The first-order chi connectivity index (χ1) is 14.6. The molecule has 4 aromatic rings. The quantitative estimate of drug-likeness (QED) is 0.490. The molecule has 0 spiro atoms. The smallest absolute Gasteiger partial charge is 0.274 e. The standard InChI is InChI=1S/C23H21N5O2/c1-27-11-12-30-21-6-4-3-5-17(21)15-7-9-19-18(13-15)20(25-24-19)10-8-16-14-28(2)26-22(16)23(27)29/h3-10,13-14H,11-12H2,1-2H3,(H,24,25)/b10-8+. The highest BCUT2D eigenvalue weighted by atomic mass is 16.5. The highest BCUT2D eigenvalue weighted by Gasteiger charge is 2.19. The van der Waals surface area contributed by atoms with Crippen LogP contribution in [0.4, 0.5) is 0 Å². The van der Waals surface area contributed by atoms with Crippen LogP contribution in [-0.2, 0) is 7.05 Å². The molecule has 5 rings (SSSR count). The SMILES string of the molecule is CN1CCOc2ccccc2-c2ccc3[nH]nc(c3c2)/C=C/c2cn(C)nc2C1=O. The van der Waals surface area contributed by atoms with Crippen molar-refractivity contribution in [3.8, 4) is 16.9 Å². The van der Waals surface area contributed by atoms with Crippen LogP contribution in [0.5, 0.6) is 5.75 Å². The van der Waals surface area contributed by atoms with Gasteiger partial charge in [-0.1, -0.05) is 24.3 Å². The highest BCUT2D eigenvalue weighted by Crippen LogP contribution is 2.33. The molecule has 0 atom stereocenters. The van der Waals surface area contributed by atoms with Crippen LogP contribution in [0.25, 0.3) is 34.2 Å². The molecule has 7 heteroatoms. The van der Waals surface area contributed by atoms with Gasteiger partial charge in [-0.05, 0) is 35.9 Å². The number of aromatic amines is 1. The highest BCUT2D eigenvalue weighted by molar-refractivity contribution is 5.98. The molecule has 2 bridgehead atoms. The fraction of sp³-hybridized carbons (Fsp3) is 0.174. The van der Waals surface area contributed by atoms with Crippen molar-refractivity contribution in [2.45, 2.75) is 0 Å². The molecule has 1 aliphatic rings. The Morgan fingerprint density at radius 1 is 1.10 bits per heavy atom. The summed E-state index contributed by atoms with van der Waals surface area (Å²) in [6.45, 7) is 0.837. The van der Waals surface area contributed by atoms with Crippen LogP contribution in [0.1, 0.15) is 21.7 Å². The maximum Gasteiger partial charge on any atom is 0.274 e. The number of amides is 1. The molecule has 2 aromatic heterocycles. The van der Waals surface area contributed by atoms with Gasteiger partial charge in [0.05, 0.1) is 17.8 Å². The number of nitrogens with one attached hydrogen (secondary N) is 1. The van der Waals surface area contributed by atoms with Crippen LogP contribution >= 0.6 is 0 Å². The van der Waals surface area contributed by atoms with Gasteiger partial charge in [-0.2, -0.15) is 10.2 Å². The minimum Gasteiger partial charge on any atom is -0.491 e. The summed E-state index contributed by atoms with van der Waals surface area (Å²) in [5.41, 5.74) is 4.97. The third kappa shape index (κ3) is 3.14. The number of rotatable bonds is 0. The van der Waals surface area contributed by atoms with E-state index in [-0.39, 0.29) is 5.91 Å². The molecule has 0 unspecified atom stereocenters. The number of carbonyl (C=O) groups excluding carboxylic acids is 1. The van der Waals surface area contributed by atoms with E-state index >= 15 is 0 Å². The molecule has 0 aliphatic carbocycles. The third-order valence-corrected chi connectivity index (χ3v) is 5.30. The number of aryl methyl sites for hydroxylation is 1. The van der Waals surface area contributed by atoms with Gasteiger partial charge in [-0.25, -0.2) is 0 Å². The van der Waals surface area contributed by atoms with Gasteiger partial charge in [0.1, 0.15) is 12.4 Å². The van der Waals surface area contributed by atoms with E-state index in [9.17, 15) is 4.79 Å². The molecule has 1 aliphatic heterocycles. The van der Waals surface area contributed by atoms with Crippen molar-refractivity contribution >= 4 is 29.0 Å². The van der Waals surface area contributed by atoms with Gasteiger partial charge in [0.25, 0.3) is 5.91 Å². The summed E-state index contributed by atoms with van der Waals surface area (Å²) < 4.78 is 7.71. The van der Waals surface area contributed by atoms with Gasteiger partial charge >= 0.3 is 0 Å². The number of benzene rings is 2. The molecule has 0 saturated heterocycles. The summed E-state index contributed by atoms with van der Waals surface area (Å²) in [5.74, 6) is 0.640. The summed E-state index contributed by atoms with van der Waals surface area (Å²) in [7, 11) is 3.57. The maximum absolute atomic E-state index is 13.0. The van der Waals surface area contributed by atoms with Gasteiger partial charge in [0.2, 0.25) is 0 Å². The molecule has 150 valence electrons. The summed E-state index contributed by atoms with van der Waals surface area (Å²) >= 11 is 0. The second kappa shape index (κ2) is 7.18. The number of fused-ring (bicyclic) bond motifs is 4. The Kier molecular flexibility index (Phi) is 4.35. The van der Waals surface area contributed by atoms with Crippen LogP contribution in [-0.4, -0.2) is 51.0 Å². The second-order valence-corrected chi connectivity index (χ2v) is 7.38. The molecule has 0 fully saturated rings. The first-order valence-corrected chi connectivity index (χ1v) is 9.77. The van der Waals surface area contributed by atoms with Crippen molar-refractivity contribution in [2.24, 2.45) is 7.05 Å². The lowest BCUT2D eigenvalue weighted by molar-refractivity contribution is 0.0767. The zero-order chi connectivity index (χ0) is 20.7. The van der Waals surface area contributed by atoms with E-state index in [1.54, 1.807) is 16.6 Å². The van der Waals surface area contributed by atoms with Crippen molar-refractivity contribution in [1.29, 1.82) is 0 Å². The molecule has 1 amide bonds. The number of likely N-dealkylation sites (N-methyl/N-ethyl adjacent to an activating group) is 1. The number of hydrogen-bond donors (Lipinski definition) is 1. The summed E-state index contributed by atoms with van der Waals surface area (Å²) in [5, 5.41) is 12.9. The molecule has 7 nitrogen and oxygen atoms in total. The van der Waals surface area contributed by atoms with Crippen molar-refractivity contribution < 1.29 is 9.53 Å². The number of ether oxygens (including phenoxy) is 1. The van der Waals surface area contributed by atoms with E-state index in [4.69, 9.17) is 4.74 Å². The molecule has 1 N–H and O–H groups in total. The minimum absolute atomic E-state index is 0.144. The first kappa shape index (κ1) is 18.2. The van der Waals surface area contributed by atoms with E-state index < -0.39 is 0 Å². The maximum atomic E-state index is 13.0. The fourth-order valence-electron chi connectivity index (χ4n) is 3.70. The zero-order valence-corrected chi connectivity index (χ0v) is 16.8.